The van der Waals surface area contributed by atoms with Crippen LogP contribution in [0.1, 0.15) is 55.1 Å². The molecule has 1 amide bonds. The van der Waals surface area contributed by atoms with Gasteiger partial charge < -0.3 is 20.3 Å². The Morgan fingerprint density at radius 3 is 2.56 bits per heavy atom. The van der Waals surface area contributed by atoms with Crippen LogP contribution >= 0.6 is 0 Å². The largest absolute Gasteiger partial charge is 0.508 e. The van der Waals surface area contributed by atoms with Crippen LogP contribution in [0.25, 0.3) is 0 Å². The van der Waals surface area contributed by atoms with Gasteiger partial charge in [0.2, 0.25) is 5.91 Å². The number of carbonyl (C=O) groups is 2. The molecule has 0 fully saturated rings. The first-order chi connectivity index (χ1) is 12.7. The van der Waals surface area contributed by atoms with Crippen molar-refractivity contribution < 1.29 is 24.5 Å². The lowest BCUT2D eigenvalue weighted by atomic mass is 9.91. The molecule has 0 saturated heterocycles. The van der Waals surface area contributed by atoms with Gasteiger partial charge in [-0.25, -0.2) is 0 Å². The number of carbonyl (C=O) groups excluding carboxylic acids is 2. The van der Waals surface area contributed by atoms with Gasteiger partial charge in [-0.15, -0.1) is 0 Å². The molecule has 142 valence electrons. The molecule has 0 saturated carbocycles. The molecule has 1 heterocycles. The van der Waals surface area contributed by atoms with Crippen LogP contribution in [-0.2, 0) is 4.79 Å². The fraction of sp³-hybridized carbons (Fsp3) is 0.333. The first kappa shape index (κ1) is 18.9. The second kappa shape index (κ2) is 7.40. The maximum absolute atomic E-state index is 12.3. The van der Waals surface area contributed by atoms with E-state index in [1.165, 1.54) is 24.3 Å². The normalized spacial score (nSPS) is 17.5. The third kappa shape index (κ3) is 4.46. The molecular weight excluding hydrogens is 346 g/mol. The van der Waals surface area contributed by atoms with Gasteiger partial charge in [0, 0.05) is 30.4 Å². The zero-order valence-corrected chi connectivity index (χ0v) is 15.4. The van der Waals surface area contributed by atoms with Gasteiger partial charge in [-0.3, -0.25) is 9.59 Å². The minimum Gasteiger partial charge on any atom is -0.508 e. The number of phenolic OH excluding ortho intramolecular Hbond substituents is 1. The Bertz CT molecular complexity index is 857. The van der Waals surface area contributed by atoms with E-state index in [-0.39, 0.29) is 30.3 Å². The van der Waals surface area contributed by atoms with Gasteiger partial charge in [-0.05, 0) is 44.2 Å². The van der Waals surface area contributed by atoms with E-state index in [4.69, 9.17) is 4.74 Å². The van der Waals surface area contributed by atoms with Gasteiger partial charge in [0.15, 0.2) is 5.78 Å². The first-order valence-corrected chi connectivity index (χ1v) is 8.87. The molecule has 0 radical (unpaired) electrons. The Labute approximate surface area is 157 Å². The van der Waals surface area contributed by atoms with E-state index in [2.05, 4.69) is 5.32 Å². The number of hydrogen-bond acceptors (Lipinski definition) is 5. The number of fused-ring (bicyclic) bond motifs is 1. The summed E-state index contributed by atoms with van der Waals surface area (Å²) in [6, 6.07) is 11.2. The average Bonchev–Trinajstić information content (AvgIpc) is 2.60. The summed E-state index contributed by atoms with van der Waals surface area (Å²) in [4.78, 5) is 24.5. The highest BCUT2D eigenvalue weighted by molar-refractivity contribution is 6.00. The summed E-state index contributed by atoms with van der Waals surface area (Å²) >= 11 is 0. The number of rotatable bonds is 5. The predicted molar refractivity (Wildman–Crippen MR) is 101 cm³/mol. The number of benzene rings is 2. The lowest BCUT2D eigenvalue weighted by Crippen LogP contribution is -2.35. The van der Waals surface area contributed by atoms with Gasteiger partial charge >= 0.3 is 0 Å². The smallest absolute Gasteiger partial charge is 0.224 e. The summed E-state index contributed by atoms with van der Waals surface area (Å²) in [5.41, 5.74) is 1.04. The van der Waals surface area contributed by atoms with Crippen molar-refractivity contribution in [3.63, 3.8) is 0 Å². The molecule has 0 aliphatic carbocycles. The minimum atomic E-state index is -0.656. The monoisotopic (exact) mass is 369 g/mol. The quantitative estimate of drug-likeness (QED) is 0.700. The summed E-state index contributed by atoms with van der Waals surface area (Å²) in [7, 11) is 0. The fourth-order valence-electron chi connectivity index (χ4n) is 3.15. The molecule has 3 N–H and O–H groups in total. The zero-order chi connectivity index (χ0) is 19.6. The highest BCUT2D eigenvalue weighted by atomic mass is 16.5. The fourth-order valence-corrected chi connectivity index (χ4v) is 3.15. The Morgan fingerprint density at radius 1 is 1.15 bits per heavy atom. The Kier molecular flexibility index (Phi) is 5.19. The number of para-hydroxylation sites is 1. The van der Waals surface area contributed by atoms with Crippen molar-refractivity contribution >= 4 is 17.4 Å². The van der Waals surface area contributed by atoms with Gasteiger partial charge in [0.05, 0.1) is 11.8 Å². The van der Waals surface area contributed by atoms with Crippen molar-refractivity contribution in [2.24, 2.45) is 0 Å². The summed E-state index contributed by atoms with van der Waals surface area (Å²) in [6.07, 6.45) is -0.106. The Balaban J connectivity index is 1.66. The van der Waals surface area contributed by atoms with Crippen LogP contribution in [0, 0.1) is 0 Å². The van der Waals surface area contributed by atoms with Crippen molar-refractivity contribution in [1.82, 2.24) is 0 Å². The number of aliphatic hydroxyl groups excluding tert-OH is 1. The molecule has 6 heteroatoms. The number of Topliss-reactive ketones (excluding diaryl/α,β-unsaturated/α-hetero) is 1. The minimum absolute atomic E-state index is 0.0231. The molecule has 2 aromatic rings. The second-order valence-corrected chi connectivity index (χ2v) is 7.32. The SMILES string of the molecule is CC1(C)CC(O)c2cccc(NC(=O)CCC(=O)c3ccc(O)cc3)c2O1. The maximum Gasteiger partial charge on any atom is 0.224 e. The third-order valence-corrected chi connectivity index (χ3v) is 4.51. The van der Waals surface area contributed by atoms with Crippen LogP contribution in [-0.4, -0.2) is 27.5 Å². The highest BCUT2D eigenvalue weighted by Gasteiger charge is 2.34. The number of phenols is 1. The van der Waals surface area contributed by atoms with Crippen molar-refractivity contribution in [2.45, 2.75) is 44.8 Å². The highest BCUT2D eigenvalue weighted by Crippen LogP contribution is 2.43. The van der Waals surface area contributed by atoms with E-state index in [0.29, 0.717) is 29.0 Å². The van der Waals surface area contributed by atoms with Crippen LogP contribution < -0.4 is 10.1 Å². The molecule has 27 heavy (non-hydrogen) atoms. The van der Waals surface area contributed by atoms with E-state index < -0.39 is 11.7 Å². The second-order valence-electron chi connectivity index (χ2n) is 7.32. The number of nitrogens with one attached hydrogen (secondary N) is 1. The van der Waals surface area contributed by atoms with E-state index in [9.17, 15) is 19.8 Å². The average molecular weight is 369 g/mol. The number of amides is 1. The molecule has 1 aliphatic rings. The van der Waals surface area contributed by atoms with Crippen molar-refractivity contribution in [1.29, 1.82) is 0 Å². The first-order valence-electron chi connectivity index (χ1n) is 8.87. The predicted octanol–water partition coefficient (Wildman–Crippen LogP) is 3.59. The van der Waals surface area contributed by atoms with E-state index in [0.717, 1.165) is 0 Å². The van der Waals surface area contributed by atoms with Gasteiger partial charge in [0.1, 0.15) is 17.1 Å². The summed E-state index contributed by atoms with van der Waals surface area (Å²) in [5.74, 6) is 0.0766. The summed E-state index contributed by atoms with van der Waals surface area (Å²) in [5, 5.41) is 22.4. The van der Waals surface area contributed by atoms with E-state index in [1.54, 1.807) is 18.2 Å². The molecule has 1 aliphatic heterocycles. The number of hydrogen-bond donors (Lipinski definition) is 3. The van der Waals surface area contributed by atoms with E-state index >= 15 is 0 Å². The lowest BCUT2D eigenvalue weighted by molar-refractivity contribution is -0.116. The van der Waals surface area contributed by atoms with Gasteiger partial charge in [-0.2, -0.15) is 0 Å². The number of ether oxygens (including phenoxy) is 1. The molecule has 3 rings (SSSR count). The Morgan fingerprint density at radius 2 is 1.85 bits per heavy atom. The van der Waals surface area contributed by atoms with Crippen molar-refractivity contribution in [3.05, 3.63) is 53.6 Å². The number of aliphatic hydroxyl groups is 1. The van der Waals surface area contributed by atoms with Crippen molar-refractivity contribution in [2.75, 3.05) is 5.32 Å². The maximum atomic E-state index is 12.3. The lowest BCUT2D eigenvalue weighted by Gasteiger charge is -2.36. The number of anilines is 1. The topological polar surface area (TPSA) is 95.9 Å². The van der Waals surface area contributed by atoms with Gasteiger partial charge in [0.25, 0.3) is 0 Å². The molecule has 1 atom stereocenters. The number of aromatic hydroxyl groups is 1. The van der Waals surface area contributed by atoms with Crippen molar-refractivity contribution in [3.8, 4) is 11.5 Å². The van der Waals surface area contributed by atoms with Crippen LogP contribution in [0.2, 0.25) is 0 Å². The van der Waals surface area contributed by atoms with E-state index in [1.807, 2.05) is 13.8 Å². The zero-order valence-electron chi connectivity index (χ0n) is 15.4. The molecule has 0 spiro atoms. The molecule has 2 aromatic carbocycles. The Hall–Kier alpha value is -2.86. The van der Waals surface area contributed by atoms with Crippen LogP contribution in [0.3, 0.4) is 0 Å². The molecule has 6 nitrogen and oxygen atoms in total. The van der Waals surface area contributed by atoms with Crippen LogP contribution in [0.5, 0.6) is 11.5 Å². The third-order valence-electron chi connectivity index (χ3n) is 4.51. The standard InChI is InChI=1S/C21H23NO5/c1-21(2)12-18(25)15-4-3-5-16(20(15)27-21)22-19(26)11-10-17(24)13-6-8-14(23)9-7-13/h3-9,18,23,25H,10-12H2,1-2H3,(H,22,26). The van der Waals surface area contributed by atoms with Gasteiger partial charge in [-0.1, -0.05) is 12.1 Å². The molecular formula is C21H23NO5. The summed E-state index contributed by atoms with van der Waals surface area (Å²) < 4.78 is 5.96. The molecule has 0 aromatic heterocycles. The molecule has 0 bridgehead atoms. The molecule has 1 unspecified atom stereocenters. The number of ketones is 1. The van der Waals surface area contributed by atoms with Crippen LogP contribution in [0.15, 0.2) is 42.5 Å². The summed E-state index contributed by atoms with van der Waals surface area (Å²) in [6.45, 7) is 3.77. The van der Waals surface area contributed by atoms with Crippen LogP contribution in [0.4, 0.5) is 5.69 Å².